The predicted octanol–water partition coefficient (Wildman–Crippen LogP) is 3.07. The van der Waals surface area contributed by atoms with Crippen molar-refractivity contribution in [3.05, 3.63) is 25.3 Å². The molecule has 3 heteroatoms. The highest BCUT2D eigenvalue weighted by molar-refractivity contribution is 5.39. The van der Waals surface area contributed by atoms with Crippen LogP contribution in [0.5, 0.6) is 0 Å². The van der Waals surface area contributed by atoms with Crippen LogP contribution >= 0.6 is 0 Å². The quantitative estimate of drug-likeness (QED) is 0.702. The van der Waals surface area contributed by atoms with E-state index in [0.29, 0.717) is 5.82 Å². The van der Waals surface area contributed by atoms with E-state index in [1.165, 1.54) is 6.33 Å². The summed E-state index contributed by atoms with van der Waals surface area (Å²) in [5, 5.41) is 3.82. The summed E-state index contributed by atoms with van der Waals surface area (Å²) in [5.41, 5.74) is 0. The van der Waals surface area contributed by atoms with Gasteiger partial charge in [-0.3, -0.25) is 0 Å². The van der Waals surface area contributed by atoms with Gasteiger partial charge in [0.25, 0.3) is 0 Å². The molecule has 0 radical (unpaired) electrons. The number of nitrogens with zero attached hydrogens (tertiary/aromatic N) is 3. The summed E-state index contributed by atoms with van der Waals surface area (Å²) < 4.78 is 1.55. The fourth-order valence-corrected chi connectivity index (χ4v) is 0.546. The molecule has 1 heterocycles. The molecule has 0 bridgehead atoms. The van der Waals surface area contributed by atoms with Gasteiger partial charge in [-0.15, -0.1) is 0 Å². The predicted molar refractivity (Wildman–Crippen MR) is 59.2 cm³/mol. The molecule has 0 fully saturated rings. The first-order valence-corrected chi connectivity index (χ1v) is 4.53. The van der Waals surface area contributed by atoms with E-state index in [4.69, 9.17) is 0 Å². The van der Waals surface area contributed by atoms with Crippen molar-refractivity contribution in [2.45, 2.75) is 27.7 Å². The summed E-state index contributed by atoms with van der Waals surface area (Å²) >= 11 is 0. The lowest BCUT2D eigenvalue weighted by Crippen LogP contribution is -1.89. The molecule has 0 unspecified atom stereocenters. The molecule has 3 nitrogen and oxygen atoms in total. The van der Waals surface area contributed by atoms with Crippen molar-refractivity contribution in [2.24, 2.45) is 0 Å². The number of aromatic nitrogens is 3. The van der Waals surface area contributed by atoms with Crippen LogP contribution in [0.4, 0.5) is 0 Å². The molecule has 0 N–H and O–H groups in total. The third kappa shape index (κ3) is 4.95. The largest absolute Gasteiger partial charge is 0.222 e. The maximum absolute atomic E-state index is 3.87. The lowest BCUT2D eigenvalue weighted by atomic mass is 10.6. The molecule has 13 heavy (non-hydrogen) atoms. The number of hydrogen-bond donors (Lipinski definition) is 0. The third-order valence-electron chi connectivity index (χ3n) is 0.956. The van der Waals surface area contributed by atoms with Gasteiger partial charge in [-0.1, -0.05) is 40.9 Å². The minimum absolute atomic E-state index is 0.713. The average Bonchev–Trinajstić information content (AvgIpc) is 2.70. The van der Waals surface area contributed by atoms with Gasteiger partial charge in [0.15, 0.2) is 5.82 Å². The molecule has 0 aliphatic rings. The SMILES string of the molecule is C=Cc1ncnn1C=C.CC.CC. The van der Waals surface area contributed by atoms with E-state index in [1.54, 1.807) is 17.0 Å². The van der Waals surface area contributed by atoms with Gasteiger partial charge < -0.3 is 0 Å². The van der Waals surface area contributed by atoms with E-state index in [9.17, 15) is 0 Å². The molecule has 1 aromatic heterocycles. The molecule has 1 rings (SSSR count). The van der Waals surface area contributed by atoms with E-state index >= 15 is 0 Å². The van der Waals surface area contributed by atoms with E-state index in [-0.39, 0.29) is 0 Å². The van der Waals surface area contributed by atoms with Crippen LogP contribution in [-0.2, 0) is 0 Å². The first kappa shape index (κ1) is 14.2. The Morgan fingerprint density at radius 2 is 1.77 bits per heavy atom. The zero-order valence-corrected chi connectivity index (χ0v) is 8.99. The number of rotatable bonds is 2. The molecular formula is C10H19N3. The third-order valence-corrected chi connectivity index (χ3v) is 0.956. The van der Waals surface area contributed by atoms with Gasteiger partial charge in [0, 0.05) is 6.20 Å². The van der Waals surface area contributed by atoms with Gasteiger partial charge in [0.2, 0.25) is 0 Å². The standard InChI is InChI=1S/C6H7N3.2C2H6/c1-3-6-7-5-8-9(6)4-2;2*1-2/h3-5H,1-2H2;2*1-2H3. The highest BCUT2D eigenvalue weighted by Gasteiger charge is 1.91. The first-order valence-electron chi connectivity index (χ1n) is 4.53. The molecular weight excluding hydrogens is 162 g/mol. The first-order chi connectivity index (χ1) is 6.38. The highest BCUT2D eigenvalue weighted by Crippen LogP contribution is 1.93. The minimum atomic E-state index is 0.713. The summed E-state index contributed by atoms with van der Waals surface area (Å²) in [6.45, 7) is 15.1. The van der Waals surface area contributed by atoms with Gasteiger partial charge in [0.1, 0.15) is 6.33 Å². The Morgan fingerprint density at radius 3 is 2.08 bits per heavy atom. The minimum Gasteiger partial charge on any atom is -0.222 e. The molecule has 0 amide bonds. The van der Waals surface area contributed by atoms with E-state index < -0.39 is 0 Å². The maximum Gasteiger partial charge on any atom is 0.154 e. The van der Waals surface area contributed by atoms with Crippen molar-refractivity contribution < 1.29 is 0 Å². The molecule has 0 spiro atoms. The smallest absolute Gasteiger partial charge is 0.154 e. The lowest BCUT2D eigenvalue weighted by molar-refractivity contribution is 0.924. The van der Waals surface area contributed by atoms with Gasteiger partial charge in [-0.2, -0.15) is 5.10 Å². The Hall–Kier alpha value is -1.38. The number of hydrogen-bond acceptors (Lipinski definition) is 2. The van der Waals surface area contributed by atoms with Crippen LogP contribution < -0.4 is 0 Å². The fraction of sp³-hybridized carbons (Fsp3) is 0.400. The molecule has 0 aliphatic heterocycles. The summed E-state index contributed by atoms with van der Waals surface area (Å²) in [7, 11) is 0. The lowest BCUT2D eigenvalue weighted by Gasteiger charge is -1.88. The van der Waals surface area contributed by atoms with Crippen LogP contribution in [0.25, 0.3) is 12.3 Å². The van der Waals surface area contributed by atoms with Gasteiger partial charge >= 0.3 is 0 Å². The van der Waals surface area contributed by atoms with Gasteiger partial charge in [-0.05, 0) is 6.08 Å². The Balaban J connectivity index is 0. The summed E-state index contributed by atoms with van der Waals surface area (Å²) in [6.07, 6.45) is 4.65. The average molecular weight is 181 g/mol. The van der Waals surface area contributed by atoms with Crippen LogP contribution in [-0.4, -0.2) is 14.8 Å². The van der Waals surface area contributed by atoms with Crippen LogP contribution in [0.1, 0.15) is 33.5 Å². The topological polar surface area (TPSA) is 30.7 Å². The highest BCUT2D eigenvalue weighted by atomic mass is 15.3. The molecule has 0 aromatic carbocycles. The molecule has 74 valence electrons. The van der Waals surface area contributed by atoms with E-state index in [2.05, 4.69) is 23.2 Å². The van der Waals surface area contributed by atoms with Crippen LogP contribution in [0.15, 0.2) is 19.5 Å². The molecule has 0 atom stereocenters. The van der Waals surface area contributed by atoms with Crippen molar-refractivity contribution >= 4 is 12.3 Å². The second-order valence-electron chi connectivity index (χ2n) is 1.45. The van der Waals surface area contributed by atoms with Crippen molar-refractivity contribution in [3.8, 4) is 0 Å². The van der Waals surface area contributed by atoms with E-state index in [0.717, 1.165) is 0 Å². The van der Waals surface area contributed by atoms with Crippen LogP contribution in [0, 0.1) is 0 Å². The molecule has 0 aliphatic carbocycles. The second kappa shape index (κ2) is 10.6. The van der Waals surface area contributed by atoms with Crippen molar-refractivity contribution in [3.63, 3.8) is 0 Å². The molecule has 0 saturated carbocycles. The van der Waals surface area contributed by atoms with Crippen molar-refractivity contribution in [1.82, 2.24) is 14.8 Å². The normalized spacial score (nSPS) is 7.08. The van der Waals surface area contributed by atoms with E-state index in [1.807, 2.05) is 27.7 Å². The molecule has 0 saturated heterocycles. The Kier molecular flexibility index (Phi) is 11.6. The zero-order chi connectivity index (χ0) is 10.7. The van der Waals surface area contributed by atoms with Crippen molar-refractivity contribution in [2.75, 3.05) is 0 Å². The van der Waals surface area contributed by atoms with Gasteiger partial charge in [-0.25, -0.2) is 9.67 Å². The monoisotopic (exact) mass is 181 g/mol. The van der Waals surface area contributed by atoms with Gasteiger partial charge in [0.05, 0.1) is 0 Å². The molecule has 1 aromatic rings. The Labute approximate surface area is 80.8 Å². The summed E-state index contributed by atoms with van der Waals surface area (Å²) in [6, 6.07) is 0. The summed E-state index contributed by atoms with van der Waals surface area (Å²) in [4.78, 5) is 3.87. The summed E-state index contributed by atoms with van der Waals surface area (Å²) in [5.74, 6) is 0.713. The fourth-order valence-electron chi connectivity index (χ4n) is 0.546. The zero-order valence-electron chi connectivity index (χ0n) is 8.99. The second-order valence-corrected chi connectivity index (χ2v) is 1.45. The van der Waals surface area contributed by atoms with Crippen molar-refractivity contribution in [1.29, 1.82) is 0 Å². The van der Waals surface area contributed by atoms with Crippen LogP contribution in [0.3, 0.4) is 0 Å². The maximum atomic E-state index is 3.87. The Bertz CT molecular complexity index is 203. The van der Waals surface area contributed by atoms with Crippen LogP contribution in [0.2, 0.25) is 0 Å². The Morgan fingerprint density at radius 1 is 1.23 bits per heavy atom.